The molecular weight excluding hydrogens is 272 g/mol. The first-order valence-corrected chi connectivity index (χ1v) is 7.37. The lowest BCUT2D eigenvalue weighted by Crippen LogP contribution is -2.07. The molecule has 0 bridgehead atoms. The van der Waals surface area contributed by atoms with E-state index in [1.165, 1.54) is 0 Å². The SMILES string of the molecule is CCCc1nnsc1C(=O)c1ccc(C)c(C)c1OC. The van der Waals surface area contributed by atoms with Gasteiger partial charge in [0.25, 0.3) is 0 Å². The van der Waals surface area contributed by atoms with Crippen LogP contribution in [0.3, 0.4) is 0 Å². The van der Waals surface area contributed by atoms with E-state index in [-0.39, 0.29) is 5.78 Å². The van der Waals surface area contributed by atoms with E-state index in [2.05, 4.69) is 16.5 Å². The number of nitrogens with zero attached hydrogens (tertiary/aromatic N) is 2. The van der Waals surface area contributed by atoms with Gasteiger partial charge in [-0.15, -0.1) is 5.10 Å². The highest BCUT2D eigenvalue weighted by molar-refractivity contribution is 7.08. The zero-order chi connectivity index (χ0) is 14.7. The Kier molecular flexibility index (Phi) is 4.49. The number of ether oxygens (including phenoxy) is 1. The first-order valence-electron chi connectivity index (χ1n) is 6.60. The van der Waals surface area contributed by atoms with Crippen LogP contribution < -0.4 is 4.74 Å². The van der Waals surface area contributed by atoms with Crippen LogP contribution in [0.2, 0.25) is 0 Å². The molecule has 1 heterocycles. The first kappa shape index (κ1) is 14.7. The molecule has 0 amide bonds. The third-order valence-electron chi connectivity index (χ3n) is 3.37. The zero-order valence-electron chi connectivity index (χ0n) is 12.2. The van der Waals surface area contributed by atoms with Gasteiger partial charge in [-0.05, 0) is 49.0 Å². The van der Waals surface area contributed by atoms with Gasteiger partial charge in [0.05, 0.1) is 18.4 Å². The molecule has 0 spiro atoms. The van der Waals surface area contributed by atoms with E-state index in [0.29, 0.717) is 16.2 Å². The highest BCUT2D eigenvalue weighted by Crippen LogP contribution is 2.29. The van der Waals surface area contributed by atoms with Crippen LogP contribution in [0.4, 0.5) is 0 Å². The lowest BCUT2D eigenvalue weighted by atomic mass is 10.00. The minimum Gasteiger partial charge on any atom is -0.496 e. The van der Waals surface area contributed by atoms with Crippen molar-refractivity contribution in [3.8, 4) is 5.75 Å². The molecule has 0 aliphatic carbocycles. The summed E-state index contributed by atoms with van der Waals surface area (Å²) in [5, 5.41) is 4.05. The van der Waals surface area contributed by atoms with Crippen LogP contribution in [0, 0.1) is 13.8 Å². The van der Waals surface area contributed by atoms with Gasteiger partial charge >= 0.3 is 0 Å². The molecule has 0 atom stereocenters. The number of aryl methyl sites for hydroxylation is 2. The Morgan fingerprint density at radius 3 is 2.75 bits per heavy atom. The Bertz CT molecular complexity index is 635. The number of hydrogen-bond donors (Lipinski definition) is 0. The summed E-state index contributed by atoms with van der Waals surface area (Å²) in [6.45, 7) is 6.02. The summed E-state index contributed by atoms with van der Waals surface area (Å²) >= 11 is 1.16. The number of aromatic nitrogens is 2. The molecule has 1 aromatic carbocycles. The van der Waals surface area contributed by atoms with Gasteiger partial charge in [-0.2, -0.15) is 0 Å². The molecule has 2 aromatic rings. The molecule has 2 rings (SSSR count). The predicted molar refractivity (Wildman–Crippen MR) is 79.8 cm³/mol. The molecule has 1 aromatic heterocycles. The lowest BCUT2D eigenvalue weighted by Gasteiger charge is -2.12. The molecule has 0 radical (unpaired) electrons. The van der Waals surface area contributed by atoms with Crippen molar-refractivity contribution in [1.29, 1.82) is 0 Å². The molecular formula is C15H18N2O2S. The van der Waals surface area contributed by atoms with Crippen molar-refractivity contribution in [2.24, 2.45) is 0 Å². The number of benzene rings is 1. The number of hydrogen-bond acceptors (Lipinski definition) is 5. The molecule has 4 nitrogen and oxygen atoms in total. The summed E-state index contributed by atoms with van der Waals surface area (Å²) < 4.78 is 9.33. The van der Waals surface area contributed by atoms with Crippen molar-refractivity contribution in [2.45, 2.75) is 33.6 Å². The Morgan fingerprint density at radius 2 is 2.10 bits per heavy atom. The monoisotopic (exact) mass is 290 g/mol. The average Bonchev–Trinajstić information content (AvgIpc) is 2.89. The minimum atomic E-state index is -0.0524. The Morgan fingerprint density at radius 1 is 1.35 bits per heavy atom. The highest BCUT2D eigenvalue weighted by atomic mass is 32.1. The van der Waals surface area contributed by atoms with E-state index in [1.54, 1.807) is 7.11 Å². The van der Waals surface area contributed by atoms with E-state index in [0.717, 1.165) is 41.2 Å². The maximum Gasteiger partial charge on any atom is 0.210 e. The minimum absolute atomic E-state index is 0.0524. The fourth-order valence-electron chi connectivity index (χ4n) is 2.14. The van der Waals surface area contributed by atoms with Crippen LogP contribution in [-0.2, 0) is 6.42 Å². The predicted octanol–water partition coefficient (Wildman–Crippen LogP) is 3.35. The number of rotatable bonds is 5. The molecule has 5 heteroatoms. The summed E-state index contributed by atoms with van der Waals surface area (Å²) in [6.07, 6.45) is 1.71. The molecule has 20 heavy (non-hydrogen) atoms. The van der Waals surface area contributed by atoms with Gasteiger partial charge in [-0.3, -0.25) is 4.79 Å². The third-order valence-corrected chi connectivity index (χ3v) is 4.14. The molecule has 0 N–H and O–H groups in total. The van der Waals surface area contributed by atoms with Gasteiger partial charge in [0.15, 0.2) is 0 Å². The molecule has 0 unspecified atom stereocenters. The van der Waals surface area contributed by atoms with E-state index >= 15 is 0 Å². The molecule has 0 aliphatic heterocycles. The third kappa shape index (κ3) is 2.58. The lowest BCUT2D eigenvalue weighted by molar-refractivity contribution is 0.103. The Hall–Kier alpha value is -1.75. The normalized spacial score (nSPS) is 10.6. The number of ketones is 1. The summed E-state index contributed by atoms with van der Waals surface area (Å²) in [7, 11) is 1.59. The van der Waals surface area contributed by atoms with Gasteiger partial charge in [0, 0.05) is 0 Å². The van der Waals surface area contributed by atoms with Gasteiger partial charge < -0.3 is 4.74 Å². The van der Waals surface area contributed by atoms with E-state index in [9.17, 15) is 4.79 Å². The van der Waals surface area contributed by atoms with Gasteiger partial charge in [-0.25, -0.2) is 0 Å². The number of methoxy groups -OCH3 is 1. The van der Waals surface area contributed by atoms with Crippen molar-refractivity contribution < 1.29 is 9.53 Å². The van der Waals surface area contributed by atoms with Gasteiger partial charge in [-0.1, -0.05) is 23.9 Å². The second-order valence-corrected chi connectivity index (χ2v) is 5.47. The standard InChI is InChI=1S/C15H18N2O2S/c1-5-6-12-15(20-17-16-12)13(18)11-8-7-9(2)10(3)14(11)19-4/h7-8H,5-6H2,1-4H3. The topological polar surface area (TPSA) is 52.1 Å². The van der Waals surface area contributed by atoms with Crippen LogP contribution >= 0.6 is 11.5 Å². The molecule has 106 valence electrons. The molecule has 0 saturated heterocycles. The van der Waals surface area contributed by atoms with Crippen molar-refractivity contribution >= 4 is 17.3 Å². The first-order chi connectivity index (χ1) is 9.60. The summed E-state index contributed by atoms with van der Waals surface area (Å²) in [5.41, 5.74) is 3.46. The summed E-state index contributed by atoms with van der Waals surface area (Å²) in [5.74, 6) is 0.592. The zero-order valence-corrected chi connectivity index (χ0v) is 13.0. The molecule has 0 aliphatic rings. The molecule has 0 saturated carbocycles. The van der Waals surface area contributed by atoms with Gasteiger partial charge in [0.1, 0.15) is 10.6 Å². The average molecular weight is 290 g/mol. The fourth-order valence-corrected chi connectivity index (χ4v) is 2.80. The van der Waals surface area contributed by atoms with Crippen molar-refractivity contribution in [1.82, 2.24) is 9.59 Å². The van der Waals surface area contributed by atoms with Crippen LogP contribution in [-0.4, -0.2) is 22.5 Å². The van der Waals surface area contributed by atoms with Crippen molar-refractivity contribution in [3.05, 3.63) is 39.4 Å². The maximum atomic E-state index is 12.7. The van der Waals surface area contributed by atoms with Gasteiger partial charge in [0.2, 0.25) is 5.78 Å². The highest BCUT2D eigenvalue weighted by Gasteiger charge is 2.22. The second-order valence-electron chi connectivity index (χ2n) is 4.72. The fraction of sp³-hybridized carbons (Fsp3) is 0.400. The van der Waals surface area contributed by atoms with E-state index in [1.807, 2.05) is 26.0 Å². The van der Waals surface area contributed by atoms with Crippen LogP contribution in [0.15, 0.2) is 12.1 Å². The van der Waals surface area contributed by atoms with Crippen LogP contribution in [0.1, 0.15) is 45.4 Å². The van der Waals surface area contributed by atoms with Crippen LogP contribution in [0.5, 0.6) is 5.75 Å². The Balaban J connectivity index is 2.48. The Labute approximate surface area is 123 Å². The molecule has 0 fully saturated rings. The quantitative estimate of drug-likeness (QED) is 0.792. The van der Waals surface area contributed by atoms with E-state index < -0.39 is 0 Å². The smallest absolute Gasteiger partial charge is 0.210 e. The second kappa shape index (κ2) is 6.13. The summed E-state index contributed by atoms with van der Waals surface area (Å²) in [4.78, 5) is 13.3. The van der Waals surface area contributed by atoms with Crippen molar-refractivity contribution in [2.75, 3.05) is 7.11 Å². The van der Waals surface area contributed by atoms with E-state index in [4.69, 9.17) is 4.74 Å². The van der Waals surface area contributed by atoms with Crippen molar-refractivity contribution in [3.63, 3.8) is 0 Å². The number of carbonyl (C=O) groups excluding carboxylic acids is 1. The number of carbonyl (C=O) groups is 1. The maximum absolute atomic E-state index is 12.7. The van der Waals surface area contributed by atoms with Crippen LogP contribution in [0.25, 0.3) is 0 Å². The summed E-state index contributed by atoms with van der Waals surface area (Å²) in [6, 6.07) is 3.76. The largest absolute Gasteiger partial charge is 0.496 e.